The summed E-state index contributed by atoms with van der Waals surface area (Å²) < 4.78 is 10.5. The van der Waals surface area contributed by atoms with E-state index in [2.05, 4.69) is 10.6 Å². The van der Waals surface area contributed by atoms with Crippen LogP contribution in [0.15, 0.2) is 23.8 Å². The standard InChI is InChI=1S/C14H11N3O4S/c1-20-10-4-2-3-8(11(10)21-6-5-15)7-9-12(18)16-14(22)17-13(9)19/h2-4,7H,6H2,1H3,(H2,16,17,18,19,22). The molecule has 1 aromatic carbocycles. The lowest BCUT2D eigenvalue weighted by Crippen LogP contribution is -2.51. The quantitative estimate of drug-likeness (QED) is 0.477. The zero-order valence-electron chi connectivity index (χ0n) is 11.5. The number of nitrogens with zero attached hydrogens (tertiary/aromatic N) is 1. The molecule has 2 N–H and O–H groups in total. The second kappa shape index (κ2) is 6.69. The molecule has 2 amide bonds. The monoisotopic (exact) mass is 317 g/mol. The third-order valence-electron chi connectivity index (χ3n) is 2.75. The topological polar surface area (TPSA) is 100 Å². The Balaban J connectivity index is 2.46. The van der Waals surface area contributed by atoms with Crippen molar-refractivity contribution >= 4 is 35.2 Å². The van der Waals surface area contributed by atoms with Gasteiger partial charge in [0, 0.05) is 5.56 Å². The third kappa shape index (κ3) is 3.21. The fourth-order valence-corrected chi connectivity index (χ4v) is 2.01. The lowest BCUT2D eigenvalue weighted by molar-refractivity contribution is -0.123. The number of carbonyl (C=O) groups is 2. The molecule has 8 heteroatoms. The van der Waals surface area contributed by atoms with E-state index < -0.39 is 11.8 Å². The molecule has 0 spiro atoms. The minimum atomic E-state index is -0.609. The fraction of sp³-hybridized carbons (Fsp3) is 0.143. The minimum absolute atomic E-state index is 0.0428. The van der Waals surface area contributed by atoms with Crippen LogP contribution >= 0.6 is 12.2 Å². The van der Waals surface area contributed by atoms with Gasteiger partial charge in [0.2, 0.25) is 0 Å². The molecule has 22 heavy (non-hydrogen) atoms. The molecule has 1 aliphatic rings. The third-order valence-corrected chi connectivity index (χ3v) is 2.96. The van der Waals surface area contributed by atoms with Crippen LogP contribution in [0.2, 0.25) is 0 Å². The van der Waals surface area contributed by atoms with Crippen LogP contribution in [-0.2, 0) is 9.59 Å². The number of hydrogen-bond donors (Lipinski definition) is 2. The molecule has 0 saturated carbocycles. The van der Waals surface area contributed by atoms with Crippen molar-refractivity contribution in [2.24, 2.45) is 0 Å². The molecule has 7 nitrogen and oxygen atoms in total. The highest BCUT2D eigenvalue weighted by Gasteiger charge is 2.26. The molecule has 1 aromatic rings. The van der Waals surface area contributed by atoms with Crippen LogP contribution in [0.3, 0.4) is 0 Å². The van der Waals surface area contributed by atoms with E-state index in [0.717, 1.165) is 0 Å². The number of methoxy groups -OCH3 is 1. The van der Waals surface area contributed by atoms with Crippen LogP contribution < -0.4 is 20.1 Å². The van der Waals surface area contributed by atoms with Crippen molar-refractivity contribution in [3.05, 3.63) is 29.3 Å². The molecule has 1 aliphatic heterocycles. The predicted octanol–water partition coefficient (Wildman–Crippen LogP) is 0.512. The maximum Gasteiger partial charge on any atom is 0.263 e. The number of ether oxygens (including phenoxy) is 2. The number of rotatable bonds is 4. The van der Waals surface area contributed by atoms with E-state index >= 15 is 0 Å². The van der Waals surface area contributed by atoms with Crippen molar-refractivity contribution in [1.82, 2.24) is 10.6 Å². The highest BCUT2D eigenvalue weighted by molar-refractivity contribution is 7.80. The molecule has 0 unspecified atom stereocenters. The summed E-state index contributed by atoms with van der Waals surface area (Å²) in [5.74, 6) is -0.560. The average molecular weight is 317 g/mol. The molecule has 1 heterocycles. The van der Waals surface area contributed by atoms with Gasteiger partial charge in [0.1, 0.15) is 11.6 Å². The van der Waals surface area contributed by atoms with Crippen LogP contribution in [0.25, 0.3) is 6.08 Å². The summed E-state index contributed by atoms with van der Waals surface area (Å²) in [6.45, 7) is -0.195. The Morgan fingerprint density at radius 3 is 2.59 bits per heavy atom. The van der Waals surface area contributed by atoms with E-state index in [-0.39, 0.29) is 23.0 Å². The van der Waals surface area contributed by atoms with Crippen molar-refractivity contribution in [1.29, 1.82) is 5.26 Å². The first-order valence-corrected chi connectivity index (χ1v) is 6.52. The Morgan fingerprint density at radius 2 is 2.00 bits per heavy atom. The fourth-order valence-electron chi connectivity index (χ4n) is 1.83. The van der Waals surface area contributed by atoms with Gasteiger partial charge in [-0.3, -0.25) is 20.2 Å². The second-order valence-corrected chi connectivity index (χ2v) is 4.53. The Labute approximate surface area is 131 Å². The largest absolute Gasteiger partial charge is 0.493 e. The van der Waals surface area contributed by atoms with Crippen LogP contribution in [0.5, 0.6) is 11.5 Å². The van der Waals surface area contributed by atoms with Crippen LogP contribution in [-0.4, -0.2) is 30.6 Å². The number of benzene rings is 1. The first-order chi connectivity index (χ1) is 10.6. The van der Waals surface area contributed by atoms with E-state index in [1.807, 2.05) is 6.07 Å². The maximum absolute atomic E-state index is 11.8. The second-order valence-electron chi connectivity index (χ2n) is 4.12. The van der Waals surface area contributed by atoms with Gasteiger partial charge in [-0.15, -0.1) is 0 Å². The van der Waals surface area contributed by atoms with Gasteiger partial charge in [0.15, 0.2) is 23.2 Å². The first-order valence-electron chi connectivity index (χ1n) is 6.12. The van der Waals surface area contributed by atoms with Crippen molar-refractivity contribution in [3.8, 4) is 17.6 Å². The zero-order valence-corrected chi connectivity index (χ0v) is 12.3. The summed E-state index contributed by atoms with van der Waals surface area (Å²) in [6, 6.07) is 6.80. The molecular weight excluding hydrogens is 306 g/mol. The molecule has 1 fully saturated rings. The number of carbonyl (C=O) groups excluding carboxylic acids is 2. The molecule has 0 aromatic heterocycles. The Bertz CT molecular complexity index is 699. The Kier molecular flexibility index (Phi) is 4.70. The van der Waals surface area contributed by atoms with Gasteiger partial charge in [-0.2, -0.15) is 5.26 Å². The van der Waals surface area contributed by atoms with Gasteiger partial charge in [0.05, 0.1) is 7.11 Å². The van der Waals surface area contributed by atoms with Crippen molar-refractivity contribution in [3.63, 3.8) is 0 Å². The average Bonchev–Trinajstić information content (AvgIpc) is 2.49. The highest BCUT2D eigenvalue weighted by Crippen LogP contribution is 2.32. The van der Waals surface area contributed by atoms with Gasteiger partial charge in [-0.05, 0) is 24.4 Å². The van der Waals surface area contributed by atoms with Crippen molar-refractivity contribution in [2.75, 3.05) is 13.7 Å². The predicted molar refractivity (Wildman–Crippen MR) is 81.0 cm³/mol. The number of para-hydroxylation sites is 1. The molecule has 2 rings (SSSR count). The molecule has 1 saturated heterocycles. The Hall–Kier alpha value is -2.92. The molecular formula is C14H11N3O4S. The number of amides is 2. The summed E-state index contributed by atoms with van der Waals surface area (Å²) in [5, 5.41) is 13.3. The van der Waals surface area contributed by atoms with Gasteiger partial charge in [0.25, 0.3) is 11.8 Å². The molecule has 0 bridgehead atoms. The lowest BCUT2D eigenvalue weighted by Gasteiger charge is -2.17. The number of nitriles is 1. The SMILES string of the molecule is COc1cccc(C=C2C(=O)NC(=S)NC2=O)c1OCC#N. The number of thiocarbonyl (C=S) groups is 1. The number of nitrogens with one attached hydrogen (secondary N) is 2. The normalized spacial score (nSPS) is 13.8. The summed E-state index contributed by atoms with van der Waals surface area (Å²) in [5.41, 5.74) is 0.311. The summed E-state index contributed by atoms with van der Waals surface area (Å²) in [4.78, 5) is 23.7. The molecule has 112 valence electrons. The van der Waals surface area contributed by atoms with Crippen molar-refractivity contribution < 1.29 is 19.1 Å². The highest BCUT2D eigenvalue weighted by atomic mass is 32.1. The van der Waals surface area contributed by atoms with Gasteiger partial charge in [-0.1, -0.05) is 12.1 Å². The van der Waals surface area contributed by atoms with Crippen LogP contribution in [0, 0.1) is 11.3 Å². The first kappa shape index (κ1) is 15.5. The van der Waals surface area contributed by atoms with Crippen LogP contribution in [0.1, 0.15) is 5.56 Å². The van der Waals surface area contributed by atoms with E-state index in [0.29, 0.717) is 11.3 Å². The van der Waals surface area contributed by atoms with Gasteiger partial charge >= 0.3 is 0 Å². The van der Waals surface area contributed by atoms with Crippen molar-refractivity contribution in [2.45, 2.75) is 0 Å². The zero-order chi connectivity index (χ0) is 16.1. The van der Waals surface area contributed by atoms with E-state index in [1.165, 1.54) is 13.2 Å². The lowest BCUT2D eigenvalue weighted by atomic mass is 10.1. The van der Waals surface area contributed by atoms with E-state index in [9.17, 15) is 9.59 Å². The summed E-state index contributed by atoms with van der Waals surface area (Å²) >= 11 is 4.73. The molecule has 0 radical (unpaired) electrons. The minimum Gasteiger partial charge on any atom is -0.493 e. The smallest absolute Gasteiger partial charge is 0.263 e. The molecule has 0 atom stereocenters. The Morgan fingerprint density at radius 1 is 1.32 bits per heavy atom. The summed E-state index contributed by atoms with van der Waals surface area (Å²) in [7, 11) is 1.45. The molecule has 0 aliphatic carbocycles. The van der Waals surface area contributed by atoms with Gasteiger partial charge in [-0.25, -0.2) is 0 Å². The number of hydrogen-bond acceptors (Lipinski definition) is 6. The van der Waals surface area contributed by atoms with Crippen LogP contribution in [0.4, 0.5) is 0 Å². The maximum atomic E-state index is 11.8. The summed E-state index contributed by atoms with van der Waals surface area (Å²) in [6.07, 6.45) is 1.35. The van der Waals surface area contributed by atoms with E-state index in [4.69, 9.17) is 27.0 Å². The van der Waals surface area contributed by atoms with Gasteiger partial charge < -0.3 is 9.47 Å². The van der Waals surface area contributed by atoms with E-state index in [1.54, 1.807) is 18.2 Å².